The van der Waals surface area contributed by atoms with Crippen molar-refractivity contribution in [2.45, 2.75) is 39.1 Å². The van der Waals surface area contributed by atoms with Crippen LogP contribution in [0.15, 0.2) is 21.8 Å². The fourth-order valence-electron chi connectivity index (χ4n) is 2.40. The Bertz CT molecular complexity index is 863. The first-order valence-corrected chi connectivity index (χ1v) is 9.34. The molecule has 0 aliphatic heterocycles. The van der Waals surface area contributed by atoms with E-state index < -0.39 is 5.97 Å². The number of hydrogen-bond donors (Lipinski definition) is 1. The maximum Gasteiger partial charge on any atom is 0.344 e. The average molecular weight is 391 g/mol. The first-order chi connectivity index (χ1) is 12.8. The van der Waals surface area contributed by atoms with Crippen molar-refractivity contribution in [2.24, 2.45) is 0 Å². The van der Waals surface area contributed by atoms with Crippen LogP contribution >= 0.6 is 11.8 Å². The highest BCUT2D eigenvalue weighted by Crippen LogP contribution is 2.29. The Morgan fingerprint density at radius 2 is 1.96 bits per heavy atom. The Hall–Kier alpha value is -2.68. The van der Waals surface area contributed by atoms with Crippen molar-refractivity contribution in [3.63, 3.8) is 0 Å². The molecule has 0 spiro atoms. The van der Waals surface area contributed by atoms with Crippen LogP contribution in [0.4, 0.5) is 5.88 Å². The zero-order valence-corrected chi connectivity index (χ0v) is 16.4. The van der Waals surface area contributed by atoms with Gasteiger partial charge in [-0.05, 0) is 33.8 Å². The predicted molar refractivity (Wildman–Crippen MR) is 100 cm³/mol. The van der Waals surface area contributed by atoms with Crippen molar-refractivity contribution in [1.29, 1.82) is 0 Å². The third-order valence-electron chi connectivity index (χ3n) is 3.53. The summed E-state index contributed by atoms with van der Waals surface area (Å²) in [5.41, 5.74) is 0.919. The van der Waals surface area contributed by atoms with E-state index in [0.29, 0.717) is 5.75 Å². The van der Waals surface area contributed by atoms with Crippen LogP contribution in [0.5, 0.6) is 0 Å². The van der Waals surface area contributed by atoms with Crippen LogP contribution in [0.3, 0.4) is 0 Å². The minimum Gasteiger partial charge on any atom is -0.462 e. The van der Waals surface area contributed by atoms with Gasteiger partial charge >= 0.3 is 5.97 Å². The van der Waals surface area contributed by atoms with E-state index in [-0.39, 0.29) is 47.5 Å². The van der Waals surface area contributed by atoms with Gasteiger partial charge in [-0.1, -0.05) is 0 Å². The molecule has 8 nitrogen and oxygen atoms in total. The monoisotopic (exact) mass is 391 g/mol. The Morgan fingerprint density at radius 1 is 1.22 bits per heavy atom. The van der Waals surface area contributed by atoms with Crippen LogP contribution in [0.2, 0.25) is 0 Å². The second-order valence-corrected chi connectivity index (χ2v) is 6.77. The molecule has 0 saturated heterocycles. The van der Waals surface area contributed by atoms with Crippen LogP contribution in [0.1, 0.15) is 52.4 Å². The number of ketones is 1. The number of nitrogens with one attached hydrogen (secondary N) is 1. The Balaban J connectivity index is 2.07. The molecule has 2 aromatic heterocycles. The van der Waals surface area contributed by atoms with Gasteiger partial charge in [0, 0.05) is 17.9 Å². The SMILES string of the molecule is CCOC(=O)c1c(NC(=O)CCSc2cc(C)ncn2)oc(C)c1C(C)=O. The molecule has 0 bridgehead atoms. The molecule has 2 heterocycles. The summed E-state index contributed by atoms with van der Waals surface area (Å²) in [5, 5.41) is 3.33. The molecule has 0 aliphatic rings. The lowest BCUT2D eigenvalue weighted by molar-refractivity contribution is -0.115. The molecule has 0 fully saturated rings. The number of ether oxygens (including phenoxy) is 1. The number of anilines is 1. The summed E-state index contributed by atoms with van der Waals surface area (Å²) in [6.45, 7) is 6.54. The highest BCUT2D eigenvalue weighted by Gasteiger charge is 2.28. The summed E-state index contributed by atoms with van der Waals surface area (Å²) < 4.78 is 10.4. The van der Waals surface area contributed by atoms with Crippen molar-refractivity contribution in [3.05, 3.63) is 35.0 Å². The molecule has 0 saturated carbocycles. The second-order valence-electron chi connectivity index (χ2n) is 5.66. The van der Waals surface area contributed by atoms with E-state index in [1.165, 1.54) is 25.0 Å². The number of furan rings is 1. The van der Waals surface area contributed by atoms with Gasteiger partial charge in [0.1, 0.15) is 17.7 Å². The van der Waals surface area contributed by atoms with Gasteiger partial charge in [-0.15, -0.1) is 11.8 Å². The molecule has 144 valence electrons. The molecule has 27 heavy (non-hydrogen) atoms. The van der Waals surface area contributed by atoms with Crippen molar-refractivity contribution in [3.8, 4) is 0 Å². The van der Waals surface area contributed by atoms with Gasteiger partial charge in [0.05, 0.1) is 17.2 Å². The van der Waals surface area contributed by atoms with E-state index >= 15 is 0 Å². The van der Waals surface area contributed by atoms with Crippen LogP contribution in [0, 0.1) is 13.8 Å². The Labute approximate surface area is 161 Å². The molecule has 0 atom stereocenters. The quantitative estimate of drug-likeness (QED) is 0.316. The highest BCUT2D eigenvalue weighted by atomic mass is 32.2. The van der Waals surface area contributed by atoms with Gasteiger partial charge in [-0.25, -0.2) is 14.8 Å². The number of thioether (sulfide) groups is 1. The van der Waals surface area contributed by atoms with E-state index in [0.717, 1.165) is 10.7 Å². The van der Waals surface area contributed by atoms with Crippen molar-refractivity contribution >= 4 is 35.3 Å². The summed E-state index contributed by atoms with van der Waals surface area (Å²) >= 11 is 1.42. The molecule has 0 aliphatic carbocycles. The van der Waals surface area contributed by atoms with Gasteiger partial charge in [0.25, 0.3) is 0 Å². The van der Waals surface area contributed by atoms with Gasteiger partial charge in [0.15, 0.2) is 5.78 Å². The van der Waals surface area contributed by atoms with Crippen LogP contribution in [-0.2, 0) is 9.53 Å². The molecule has 0 radical (unpaired) electrons. The lowest BCUT2D eigenvalue weighted by Crippen LogP contribution is -2.16. The fraction of sp³-hybridized carbons (Fsp3) is 0.389. The van der Waals surface area contributed by atoms with Crippen LogP contribution in [0.25, 0.3) is 0 Å². The normalized spacial score (nSPS) is 10.5. The number of carbonyl (C=O) groups is 3. The summed E-state index contributed by atoms with van der Waals surface area (Å²) in [6.07, 6.45) is 1.64. The third kappa shape index (κ3) is 5.40. The van der Waals surface area contributed by atoms with E-state index in [9.17, 15) is 14.4 Å². The van der Waals surface area contributed by atoms with Gasteiger partial charge in [0.2, 0.25) is 11.8 Å². The standard InChI is InChI=1S/C18H21N3O5S/c1-5-25-18(24)16-15(11(3)22)12(4)26-17(16)21-13(23)6-7-27-14-8-10(2)19-9-20-14/h8-9H,5-7H2,1-4H3,(H,21,23). The molecule has 0 aromatic carbocycles. The lowest BCUT2D eigenvalue weighted by atomic mass is 10.1. The molecule has 0 unspecified atom stereocenters. The van der Waals surface area contributed by atoms with E-state index in [4.69, 9.17) is 9.15 Å². The maximum absolute atomic E-state index is 12.2. The zero-order valence-electron chi connectivity index (χ0n) is 15.6. The third-order valence-corrected chi connectivity index (χ3v) is 4.45. The highest BCUT2D eigenvalue weighted by molar-refractivity contribution is 7.99. The van der Waals surface area contributed by atoms with Gasteiger partial charge in [-0.2, -0.15) is 0 Å². The number of hydrogen-bond acceptors (Lipinski definition) is 8. The number of rotatable bonds is 8. The predicted octanol–water partition coefficient (Wildman–Crippen LogP) is 3.19. The Morgan fingerprint density at radius 3 is 2.59 bits per heavy atom. The second kappa shape index (κ2) is 9.31. The smallest absolute Gasteiger partial charge is 0.344 e. The molecular weight excluding hydrogens is 370 g/mol. The summed E-state index contributed by atoms with van der Waals surface area (Å²) in [4.78, 5) is 44.4. The summed E-state index contributed by atoms with van der Waals surface area (Å²) in [6, 6.07) is 1.83. The maximum atomic E-state index is 12.2. The molecular formula is C18H21N3O5S. The minimum absolute atomic E-state index is 0.0470. The number of esters is 1. The summed E-state index contributed by atoms with van der Waals surface area (Å²) in [7, 11) is 0. The molecule has 2 rings (SSSR count). The first kappa shape index (κ1) is 20.6. The molecule has 2 aromatic rings. The van der Waals surface area contributed by atoms with Crippen LogP contribution < -0.4 is 5.32 Å². The summed E-state index contributed by atoms with van der Waals surface area (Å²) in [5.74, 6) is -0.718. The number of aromatic nitrogens is 2. The minimum atomic E-state index is -0.708. The average Bonchev–Trinajstić information content (AvgIpc) is 2.91. The topological polar surface area (TPSA) is 111 Å². The van der Waals surface area contributed by atoms with E-state index in [1.54, 1.807) is 13.8 Å². The number of aryl methyl sites for hydroxylation is 2. The van der Waals surface area contributed by atoms with Crippen LogP contribution in [-0.4, -0.2) is 40.0 Å². The number of Topliss-reactive ketones (excluding diaryl/α,β-unsaturated/α-hetero) is 1. The first-order valence-electron chi connectivity index (χ1n) is 8.36. The van der Waals surface area contributed by atoms with Crippen molar-refractivity contribution in [1.82, 2.24) is 9.97 Å². The molecule has 9 heteroatoms. The fourth-order valence-corrected chi connectivity index (χ4v) is 3.27. The van der Waals surface area contributed by atoms with Gasteiger partial charge < -0.3 is 9.15 Å². The zero-order chi connectivity index (χ0) is 20.0. The number of amides is 1. The Kier molecular flexibility index (Phi) is 7.12. The lowest BCUT2D eigenvalue weighted by Gasteiger charge is -2.06. The van der Waals surface area contributed by atoms with Crippen molar-refractivity contribution in [2.75, 3.05) is 17.7 Å². The largest absolute Gasteiger partial charge is 0.462 e. The molecule has 1 N–H and O–H groups in total. The van der Waals surface area contributed by atoms with E-state index in [1.807, 2.05) is 13.0 Å². The van der Waals surface area contributed by atoms with Gasteiger partial charge in [-0.3, -0.25) is 14.9 Å². The van der Waals surface area contributed by atoms with Crippen molar-refractivity contribution < 1.29 is 23.5 Å². The molecule has 1 amide bonds. The van der Waals surface area contributed by atoms with E-state index in [2.05, 4.69) is 15.3 Å². The number of carbonyl (C=O) groups excluding carboxylic acids is 3. The number of nitrogens with zero attached hydrogens (tertiary/aromatic N) is 2.